The largest absolute Gasteiger partial charge is 0.464 e. The van der Waals surface area contributed by atoms with Gasteiger partial charge in [0.1, 0.15) is 0 Å². The second-order valence-corrected chi connectivity index (χ2v) is 3.05. The van der Waals surface area contributed by atoms with Gasteiger partial charge in [-0.25, -0.2) is 9.78 Å². The number of hydrogen-bond acceptors (Lipinski definition) is 4. The van der Waals surface area contributed by atoms with Crippen LogP contribution in [0.1, 0.15) is 10.5 Å². The van der Waals surface area contributed by atoms with E-state index in [4.69, 9.17) is 0 Å². The van der Waals surface area contributed by atoms with E-state index in [9.17, 15) is 9.59 Å². The molecule has 6 heteroatoms. The van der Waals surface area contributed by atoms with Crippen molar-refractivity contribution in [3.63, 3.8) is 0 Å². The lowest BCUT2D eigenvalue weighted by atomic mass is 10.4. The Morgan fingerprint density at radius 3 is 2.87 bits per heavy atom. The SMILES string of the molecule is COC(=O)c1cc(=O)n2ccn(C)c2n1. The number of aromatic nitrogens is 3. The van der Waals surface area contributed by atoms with Crippen molar-refractivity contribution < 1.29 is 9.53 Å². The molecule has 0 unspecified atom stereocenters. The molecular weight excluding hydrogens is 198 g/mol. The van der Waals surface area contributed by atoms with Gasteiger partial charge < -0.3 is 9.30 Å². The fraction of sp³-hybridized carbons (Fsp3) is 0.222. The van der Waals surface area contributed by atoms with Gasteiger partial charge in [-0.15, -0.1) is 0 Å². The van der Waals surface area contributed by atoms with Crippen molar-refractivity contribution in [2.45, 2.75) is 0 Å². The first-order valence-corrected chi connectivity index (χ1v) is 4.26. The zero-order valence-electron chi connectivity index (χ0n) is 8.30. The van der Waals surface area contributed by atoms with Gasteiger partial charge in [0.25, 0.3) is 5.56 Å². The van der Waals surface area contributed by atoms with Gasteiger partial charge in [0.05, 0.1) is 7.11 Å². The minimum absolute atomic E-state index is 0.0179. The summed E-state index contributed by atoms with van der Waals surface area (Å²) in [5.41, 5.74) is -0.287. The number of ether oxygens (including phenoxy) is 1. The molecule has 0 fully saturated rings. The maximum absolute atomic E-state index is 11.5. The second-order valence-electron chi connectivity index (χ2n) is 3.05. The Morgan fingerprint density at radius 2 is 2.20 bits per heavy atom. The smallest absolute Gasteiger partial charge is 0.357 e. The monoisotopic (exact) mass is 207 g/mol. The van der Waals surface area contributed by atoms with Crippen LogP contribution in [0, 0.1) is 0 Å². The van der Waals surface area contributed by atoms with Gasteiger partial charge in [0, 0.05) is 25.5 Å². The molecule has 0 aliphatic heterocycles. The molecule has 0 atom stereocenters. The van der Waals surface area contributed by atoms with Crippen molar-refractivity contribution in [2.75, 3.05) is 7.11 Å². The molecule has 0 amide bonds. The molecule has 78 valence electrons. The Labute approximate surface area is 84.7 Å². The maximum atomic E-state index is 11.5. The fourth-order valence-corrected chi connectivity index (χ4v) is 1.31. The summed E-state index contributed by atoms with van der Waals surface area (Å²) < 4.78 is 7.50. The second kappa shape index (κ2) is 3.23. The molecule has 0 saturated heterocycles. The summed E-state index contributed by atoms with van der Waals surface area (Å²) in [5, 5.41) is 0. The van der Waals surface area contributed by atoms with Crippen LogP contribution < -0.4 is 5.56 Å². The zero-order valence-corrected chi connectivity index (χ0v) is 8.30. The molecule has 0 aromatic carbocycles. The van der Waals surface area contributed by atoms with Crippen LogP contribution >= 0.6 is 0 Å². The predicted octanol–water partition coefficient (Wildman–Crippen LogP) is -0.180. The lowest BCUT2D eigenvalue weighted by Gasteiger charge is -1.99. The van der Waals surface area contributed by atoms with Gasteiger partial charge in [0.15, 0.2) is 5.69 Å². The van der Waals surface area contributed by atoms with E-state index in [1.807, 2.05) is 0 Å². The number of aryl methyl sites for hydroxylation is 1. The Balaban J connectivity index is 2.76. The van der Waals surface area contributed by atoms with Crippen LogP contribution in [-0.4, -0.2) is 27.0 Å². The van der Waals surface area contributed by atoms with Gasteiger partial charge in [-0.3, -0.25) is 9.20 Å². The Kier molecular flexibility index (Phi) is 2.03. The molecule has 2 rings (SSSR count). The standard InChI is InChI=1S/C9H9N3O3/c1-11-3-4-12-7(13)5-6(8(14)15-2)10-9(11)12/h3-5H,1-2H3. The van der Waals surface area contributed by atoms with Crippen molar-refractivity contribution >= 4 is 11.7 Å². The van der Waals surface area contributed by atoms with E-state index in [-0.39, 0.29) is 11.3 Å². The Morgan fingerprint density at radius 1 is 1.47 bits per heavy atom. The van der Waals surface area contributed by atoms with Gasteiger partial charge in [0.2, 0.25) is 5.78 Å². The van der Waals surface area contributed by atoms with Crippen molar-refractivity contribution in [3.8, 4) is 0 Å². The van der Waals surface area contributed by atoms with Crippen molar-refractivity contribution in [1.29, 1.82) is 0 Å². The van der Waals surface area contributed by atoms with E-state index in [1.165, 1.54) is 11.5 Å². The number of hydrogen-bond donors (Lipinski definition) is 0. The lowest BCUT2D eigenvalue weighted by molar-refractivity contribution is 0.0594. The summed E-state index contributed by atoms with van der Waals surface area (Å²) in [6.45, 7) is 0. The predicted molar refractivity (Wildman–Crippen MR) is 51.8 cm³/mol. The number of nitrogens with zero attached hydrogens (tertiary/aromatic N) is 3. The molecule has 0 N–H and O–H groups in total. The fourth-order valence-electron chi connectivity index (χ4n) is 1.31. The Bertz CT molecular complexity index is 582. The summed E-state index contributed by atoms with van der Waals surface area (Å²) in [6.07, 6.45) is 3.27. The molecule has 6 nitrogen and oxygen atoms in total. The van der Waals surface area contributed by atoms with Crippen molar-refractivity contribution in [1.82, 2.24) is 14.0 Å². The molecule has 0 radical (unpaired) electrons. The topological polar surface area (TPSA) is 65.6 Å². The van der Waals surface area contributed by atoms with Crippen LogP contribution in [0.2, 0.25) is 0 Å². The van der Waals surface area contributed by atoms with Crippen LogP contribution in [0.5, 0.6) is 0 Å². The first-order chi connectivity index (χ1) is 7.13. The summed E-state index contributed by atoms with van der Waals surface area (Å²) >= 11 is 0. The number of rotatable bonds is 1. The van der Waals surface area contributed by atoms with Crippen LogP contribution in [-0.2, 0) is 11.8 Å². The van der Waals surface area contributed by atoms with E-state index >= 15 is 0 Å². The average Bonchev–Trinajstić information content (AvgIpc) is 2.60. The van der Waals surface area contributed by atoms with Crippen LogP contribution in [0.25, 0.3) is 5.78 Å². The molecule has 2 aromatic rings. The number of methoxy groups -OCH3 is 1. The molecule has 0 saturated carbocycles. The molecule has 15 heavy (non-hydrogen) atoms. The third-order valence-corrected chi connectivity index (χ3v) is 2.08. The van der Waals surface area contributed by atoms with E-state index in [0.29, 0.717) is 5.78 Å². The highest BCUT2D eigenvalue weighted by Crippen LogP contribution is 2.00. The number of carbonyl (C=O) groups excluding carboxylic acids is 1. The molecule has 2 aromatic heterocycles. The molecule has 0 spiro atoms. The van der Waals surface area contributed by atoms with Gasteiger partial charge in [-0.1, -0.05) is 0 Å². The number of fused-ring (bicyclic) bond motifs is 1. The zero-order chi connectivity index (χ0) is 11.0. The third-order valence-electron chi connectivity index (χ3n) is 2.08. The first-order valence-electron chi connectivity index (χ1n) is 4.26. The highest BCUT2D eigenvalue weighted by atomic mass is 16.5. The molecular formula is C9H9N3O3. The number of carbonyl (C=O) groups is 1. The van der Waals surface area contributed by atoms with Gasteiger partial charge >= 0.3 is 5.97 Å². The molecule has 0 aliphatic rings. The van der Waals surface area contributed by atoms with E-state index in [1.54, 1.807) is 24.0 Å². The van der Waals surface area contributed by atoms with Gasteiger partial charge in [-0.05, 0) is 0 Å². The summed E-state index contributed by atoms with van der Waals surface area (Å²) in [7, 11) is 2.99. The van der Waals surface area contributed by atoms with Crippen LogP contribution in [0.15, 0.2) is 23.3 Å². The maximum Gasteiger partial charge on any atom is 0.357 e. The average molecular weight is 207 g/mol. The summed E-state index contributed by atoms with van der Waals surface area (Å²) in [4.78, 5) is 26.8. The van der Waals surface area contributed by atoms with Crippen LogP contribution in [0.4, 0.5) is 0 Å². The number of imidazole rings is 1. The van der Waals surface area contributed by atoms with Crippen molar-refractivity contribution in [2.24, 2.45) is 7.05 Å². The highest BCUT2D eigenvalue weighted by molar-refractivity contribution is 5.87. The third kappa shape index (κ3) is 1.39. The van der Waals surface area contributed by atoms with E-state index in [2.05, 4.69) is 9.72 Å². The molecule has 0 bridgehead atoms. The van der Waals surface area contributed by atoms with E-state index in [0.717, 1.165) is 6.07 Å². The normalized spacial score (nSPS) is 10.5. The minimum Gasteiger partial charge on any atom is -0.464 e. The summed E-state index contributed by atoms with van der Waals surface area (Å²) in [5.74, 6) is -0.210. The molecule has 2 heterocycles. The lowest BCUT2D eigenvalue weighted by Crippen LogP contribution is -2.17. The Hall–Kier alpha value is -2.11. The molecule has 0 aliphatic carbocycles. The van der Waals surface area contributed by atoms with E-state index < -0.39 is 5.97 Å². The first kappa shape index (κ1) is 9.45. The minimum atomic E-state index is -0.615. The number of esters is 1. The van der Waals surface area contributed by atoms with Crippen molar-refractivity contribution in [3.05, 3.63) is 34.5 Å². The summed E-state index contributed by atoms with van der Waals surface area (Å²) in [6, 6.07) is 1.15. The van der Waals surface area contributed by atoms with Crippen LogP contribution in [0.3, 0.4) is 0 Å². The highest BCUT2D eigenvalue weighted by Gasteiger charge is 2.11. The van der Waals surface area contributed by atoms with Gasteiger partial charge in [-0.2, -0.15) is 0 Å². The quantitative estimate of drug-likeness (QED) is 0.608.